The SMILES string of the molecule is CC/C=C\C/C=C\C/C=C\C/C=C\CCCCCCCCC(=O)OC(COCCCCCCCCCCCCCCCCCCCCCCCCC)COC1OC(COC2OC(CO)C(O)C(O)C2O)C(O)C(O)C1O. The second-order valence-electron chi connectivity index (χ2n) is 21.5. The maximum atomic E-state index is 13.1. The van der Waals surface area contributed by atoms with Crippen molar-refractivity contribution >= 4 is 5.97 Å². The molecule has 7 N–H and O–H groups in total. The number of rotatable bonds is 50. The lowest BCUT2D eigenvalue weighted by Gasteiger charge is -2.42. The molecule has 76 heavy (non-hydrogen) atoms. The van der Waals surface area contributed by atoms with Crippen LogP contribution in [0.4, 0.5) is 0 Å². The number of hydrogen-bond donors (Lipinski definition) is 7. The van der Waals surface area contributed by atoms with E-state index in [1.165, 1.54) is 128 Å². The largest absolute Gasteiger partial charge is 0.457 e. The summed E-state index contributed by atoms with van der Waals surface area (Å²) in [6.07, 6.45) is 43.2. The molecule has 14 heteroatoms. The van der Waals surface area contributed by atoms with Gasteiger partial charge < -0.3 is 64.2 Å². The van der Waals surface area contributed by atoms with Gasteiger partial charge in [-0.25, -0.2) is 0 Å². The molecule has 2 fully saturated rings. The minimum absolute atomic E-state index is 0.0575. The molecule has 2 aliphatic rings. The van der Waals surface area contributed by atoms with Crippen molar-refractivity contribution in [3.05, 3.63) is 48.6 Å². The highest BCUT2D eigenvalue weighted by atomic mass is 16.7. The van der Waals surface area contributed by atoms with E-state index in [-0.39, 0.29) is 25.6 Å². The molecule has 0 aliphatic carbocycles. The minimum Gasteiger partial charge on any atom is -0.457 e. The number of aliphatic hydroxyl groups is 7. The van der Waals surface area contributed by atoms with Crippen molar-refractivity contribution in [2.75, 3.05) is 33.0 Å². The molecule has 2 rings (SSSR count). The van der Waals surface area contributed by atoms with Crippen LogP contribution < -0.4 is 0 Å². The van der Waals surface area contributed by atoms with Crippen molar-refractivity contribution in [1.82, 2.24) is 0 Å². The van der Waals surface area contributed by atoms with E-state index < -0.39 is 80.7 Å². The highest BCUT2D eigenvalue weighted by Crippen LogP contribution is 2.27. The molecule has 11 unspecified atom stereocenters. The summed E-state index contributed by atoms with van der Waals surface area (Å²) in [5.41, 5.74) is 0. The van der Waals surface area contributed by atoms with Crippen molar-refractivity contribution in [1.29, 1.82) is 0 Å². The normalized spacial score (nSPS) is 24.8. The Balaban J connectivity index is 1.69. The molecule has 0 aromatic rings. The second kappa shape index (κ2) is 48.8. The first-order valence-corrected chi connectivity index (χ1v) is 30.7. The molecule has 14 nitrogen and oxygen atoms in total. The predicted molar refractivity (Wildman–Crippen MR) is 303 cm³/mol. The van der Waals surface area contributed by atoms with E-state index in [4.69, 9.17) is 28.4 Å². The first kappa shape index (κ1) is 70.1. The molecule has 0 aromatic heterocycles. The summed E-state index contributed by atoms with van der Waals surface area (Å²) in [4.78, 5) is 13.1. The lowest BCUT2D eigenvalue weighted by atomic mass is 9.98. The van der Waals surface area contributed by atoms with E-state index in [2.05, 4.69) is 62.5 Å². The number of carbonyl (C=O) groups excluding carboxylic acids is 1. The first-order valence-electron chi connectivity index (χ1n) is 30.7. The Morgan fingerprint density at radius 3 is 1.34 bits per heavy atom. The van der Waals surface area contributed by atoms with Gasteiger partial charge in [0.1, 0.15) is 54.9 Å². The number of aliphatic hydroxyl groups excluding tert-OH is 7. The quantitative estimate of drug-likeness (QED) is 0.0172. The van der Waals surface area contributed by atoms with E-state index in [9.17, 15) is 40.5 Å². The molecule has 11 atom stereocenters. The topological polar surface area (TPSA) is 214 Å². The molecule has 0 radical (unpaired) electrons. The smallest absolute Gasteiger partial charge is 0.306 e. The minimum atomic E-state index is -1.71. The molecular weight excluding hydrogens is 969 g/mol. The average molecular weight is 1080 g/mol. The van der Waals surface area contributed by atoms with Crippen LogP contribution in [0.25, 0.3) is 0 Å². The molecule has 0 aromatic carbocycles. The van der Waals surface area contributed by atoms with Gasteiger partial charge in [-0.3, -0.25) is 4.79 Å². The van der Waals surface area contributed by atoms with E-state index in [1.807, 2.05) is 0 Å². The summed E-state index contributed by atoms with van der Waals surface area (Å²) in [5, 5.41) is 72.4. The summed E-state index contributed by atoms with van der Waals surface area (Å²) >= 11 is 0. The van der Waals surface area contributed by atoms with Crippen LogP contribution in [0.15, 0.2) is 48.6 Å². The zero-order valence-corrected chi connectivity index (χ0v) is 47.7. The van der Waals surface area contributed by atoms with Crippen LogP contribution in [0.1, 0.15) is 239 Å². The lowest BCUT2D eigenvalue weighted by Crippen LogP contribution is -2.61. The Morgan fingerprint density at radius 2 is 0.855 bits per heavy atom. The molecule has 0 bridgehead atoms. The third-order valence-electron chi connectivity index (χ3n) is 14.6. The van der Waals surface area contributed by atoms with E-state index in [0.29, 0.717) is 13.0 Å². The Hall–Kier alpha value is -2.05. The monoisotopic (exact) mass is 1080 g/mol. The molecule has 2 saturated heterocycles. The Labute approximate surface area is 461 Å². The number of esters is 1. The summed E-state index contributed by atoms with van der Waals surface area (Å²) in [6.45, 7) is 3.60. The van der Waals surface area contributed by atoms with Crippen molar-refractivity contribution in [2.45, 2.75) is 306 Å². The number of carbonyl (C=O) groups is 1. The van der Waals surface area contributed by atoms with Crippen LogP contribution in [0.2, 0.25) is 0 Å². The Kier molecular flexibility index (Phi) is 45.0. The van der Waals surface area contributed by atoms with Gasteiger partial charge in [0.05, 0.1) is 26.4 Å². The first-order chi connectivity index (χ1) is 37.1. The van der Waals surface area contributed by atoms with Crippen LogP contribution in [-0.2, 0) is 33.2 Å². The Morgan fingerprint density at radius 1 is 0.447 bits per heavy atom. The van der Waals surface area contributed by atoms with Crippen LogP contribution in [-0.4, -0.2) is 142 Å². The predicted octanol–water partition coefficient (Wildman–Crippen LogP) is 11.5. The number of unbranched alkanes of at least 4 members (excludes halogenated alkanes) is 28. The summed E-state index contributed by atoms with van der Waals surface area (Å²) in [7, 11) is 0. The fourth-order valence-electron chi connectivity index (χ4n) is 9.69. The fraction of sp³-hybridized carbons (Fsp3) is 0.855. The van der Waals surface area contributed by atoms with Gasteiger partial charge >= 0.3 is 5.97 Å². The molecule has 444 valence electrons. The molecule has 0 amide bonds. The fourth-order valence-corrected chi connectivity index (χ4v) is 9.69. The van der Waals surface area contributed by atoms with Crippen molar-refractivity contribution < 1.29 is 69.0 Å². The molecule has 0 saturated carbocycles. The standard InChI is InChI=1S/C62H112O14/c1-3-5-7-9-11-13-15-17-19-21-23-24-25-26-28-30-32-34-36-38-40-42-44-46-71-48-51(74-54(64)45-43-41-39-37-35-33-31-29-27-22-20-18-16-14-12-10-8-6-4-2)49-72-61-60(70)58(68)56(66)53(76-61)50-73-62-59(69)57(67)55(65)52(47-63)75-62/h6,8,12,14,18,20,27,29,51-53,55-63,65-70H,3-5,7,9-11,13,15-17,19,21-26,28,30-50H2,1-2H3/b8-6-,14-12-,20-18-,29-27-. The van der Waals surface area contributed by atoms with Crippen LogP contribution in [0.5, 0.6) is 0 Å². The molecule has 2 heterocycles. The van der Waals surface area contributed by atoms with Gasteiger partial charge in [-0.05, 0) is 51.4 Å². The van der Waals surface area contributed by atoms with Gasteiger partial charge in [0.25, 0.3) is 0 Å². The molecule has 2 aliphatic heterocycles. The summed E-state index contributed by atoms with van der Waals surface area (Å²) in [5.74, 6) is -0.387. The Bertz CT molecular complexity index is 1440. The number of ether oxygens (including phenoxy) is 6. The third-order valence-corrected chi connectivity index (χ3v) is 14.6. The molecular formula is C62H112O14. The zero-order chi connectivity index (χ0) is 55.1. The van der Waals surface area contributed by atoms with Crippen LogP contribution in [0, 0.1) is 0 Å². The zero-order valence-electron chi connectivity index (χ0n) is 47.7. The van der Waals surface area contributed by atoms with Gasteiger partial charge in [0.15, 0.2) is 12.6 Å². The highest BCUT2D eigenvalue weighted by Gasteiger charge is 2.47. The third kappa shape index (κ3) is 34.8. The van der Waals surface area contributed by atoms with Gasteiger partial charge in [-0.1, -0.05) is 229 Å². The van der Waals surface area contributed by atoms with Crippen LogP contribution in [0.3, 0.4) is 0 Å². The lowest BCUT2D eigenvalue weighted by molar-refractivity contribution is -0.332. The van der Waals surface area contributed by atoms with E-state index in [0.717, 1.165) is 83.5 Å². The van der Waals surface area contributed by atoms with Crippen molar-refractivity contribution in [2.24, 2.45) is 0 Å². The van der Waals surface area contributed by atoms with Gasteiger partial charge in [0.2, 0.25) is 0 Å². The second-order valence-corrected chi connectivity index (χ2v) is 21.5. The number of allylic oxidation sites excluding steroid dienone is 8. The van der Waals surface area contributed by atoms with Crippen LogP contribution >= 0.6 is 0 Å². The maximum Gasteiger partial charge on any atom is 0.306 e. The number of hydrogen-bond acceptors (Lipinski definition) is 14. The highest BCUT2D eigenvalue weighted by molar-refractivity contribution is 5.69. The van der Waals surface area contributed by atoms with E-state index >= 15 is 0 Å². The van der Waals surface area contributed by atoms with Gasteiger partial charge in [-0.15, -0.1) is 0 Å². The van der Waals surface area contributed by atoms with E-state index in [1.54, 1.807) is 0 Å². The van der Waals surface area contributed by atoms with Crippen molar-refractivity contribution in [3.8, 4) is 0 Å². The van der Waals surface area contributed by atoms with Gasteiger partial charge in [0, 0.05) is 13.0 Å². The van der Waals surface area contributed by atoms with Gasteiger partial charge in [-0.2, -0.15) is 0 Å². The average Bonchev–Trinajstić information content (AvgIpc) is 3.42. The van der Waals surface area contributed by atoms with Crippen molar-refractivity contribution in [3.63, 3.8) is 0 Å². The summed E-state index contributed by atoms with van der Waals surface area (Å²) < 4.78 is 34.4. The summed E-state index contributed by atoms with van der Waals surface area (Å²) in [6, 6.07) is 0. The maximum absolute atomic E-state index is 13.1. The molecule has 0 spiro atoms.